The van der Waals surface area contributed by atoms with E-state index >= 15 is 0 Å². The first-order valence-electron chi connectivity index (χ1n) is 13.6. The lowest BCUT2D eigenvalue weighted by Crippen LogP contribution is -2.42. The van der Waals surface area contributed by atoms with E-state index in [1.165, 1.54) is 6.07 Å². The number of amides is 2. The number of hydrogen-bond donors (Lipinski definition) is 2. The molecule has 2 N–H and O–H groups in total. The van der Waals surface area contributed by atoms with Crippen molar-refractivity contribution in [2.24, 2.45) is 4.99 Å². The summed E-state index contributed by atoms with van der Waals surface area (Å²) >= 11 is 0. The summed E-state index contributed by atoms with van der Waals surface area (Å²) in [6, 6.07) is 17.4. The first-order chi connectivity index (χ1) is 19.8. The number of aryl methyl sites for hydroxylation is 1. The molecule has 0 saturated heterocycles. The fourth-order valence-corrected chi connectivity index (χ4v) is 4.98. The molecule has 0 unspecified atom stereocenters. The third kappa shape index (κ3) is 4.97. The van der Waals surface area contributed by atoms with Crippen LogP contribution < -0.4 is 15.4 Å². The van der Waals surface area contributed by atoms with Gasteiger partial charge >= 0.3 is 0 Å². The van der Waals surface area contributed by atoms with Crippen LogP contribution in [0.25, 0.3) is 11.3 Å². The van der Waals surface area contributed by atoms with Crippen LogP contribution in [0.2, 0.25) is 0 Å². The summed E-state index contributed by atoms with van der Waals surface area (Å²) < 4.78 is 22.6. The number of nitrogens with zero attached hydrogens (tertiary/aromatic N) is 4. The molecule has 6 rings (SSSR count). The average Bonchev–Trinajstić information content (AvgIpc) is 3.28. The van der Waals surface area contributed by atoms with Gasteiger partial charge in [0.15, 0.2) is 0 Å². The first kappa shape index (κ1) is 26.4. The van der Waals surface area contributed by atoms with Gasteiger partial charge in [-0.1, -0.05) is 56.3 Å². The Morgan fingerprint density at radius 1 is 1.10 bits per heavy atom. The number of fused-ring (bicyclic) bond motifs is 2. The summed E-state index contributed by atoms with van der Waals surface area (Å²) in [5.41, 5.74) is 3.61. The Bertz CT molecular complexity index is 1660. The molecule has 0 bridgehead atoms. The zero-order chi connectivity index (χ0) is 28.7. The maximum atomic E-state index is 14.9. The normalized spacial score (nSPS) is 18.0. The van der Waals surface area contributed by atoms with Crippen LogP contribution in [0.4, 0.5) is 10.1 Å². The number of benzene rings is 2. The summed E-state index contributed by atoms with van der Waals surface area (Å²) in [4.78, 5) is 36.5. The number of carbonyl (C=O) groups is 2. The predicted octanol–water partition coefficient (Wildman–Crippen LogP) is 4.92. The van der Waals surface area contributed by atoms with Crippen LogP contribution in [-0.4, -0.2) is 44.6 Å². The lowest BCUT2D eigenvalue weighted by molar-refractivity contribution is -0.117. The highest BCUT2D eigenvalue weighted by Crippen LogP contribution is 2.35. The van der Waals surface area contributed by atoms with E-state index in [4.69, 9.17) is 9.84 Å². The zero-order valence-corrected chi connectivity index (χ0v) is 22.9. The number of carbonyl (C=O) groups excluding carboxylic acids is 2. The standard InChI is InChI=1S/C31H29FN6O3/c1-17(2)23-13-12-20(16-33-23)26-24(31-38(37-26)15-14-18(3)41-31)29(39)36-28-30(40)35-27-21(10-7-11-22(27)32)25(34-28)19-8-5-4-6-9-19/h4-13,16-18,28H,14-15H2,1-3H3,(H,35,40)(H,36,39)/t18-,28-/m1/s1. The van der Waals surface area contributed by atoms with Crippen molar-refractivity contribution in [3.63, 3.8) is 0 Å². The summed E-state index contributed by atoms with van der Waals surface area (Å²) in [7, 11) is 0. The molecule has 4 aromatic rings. The van der Waals surface area contributed by atoms with E-state index < -0.39 is 23.8 Å². The zero-order valence-electron chi connectivity index (χ0n) is 22.9. The van der Waals surface area contributed by atoms with Crippen LogP contribution in [0, 0.1) is 5.82 Å². The van der Waals surface area contributed by atoms with Gasteiger partial charge in [0.05, 0.1) is 17.5 Å². The SMILES string of the molecule is CC(C)c1ccc(-c2nn3c(c2C(=O)N[C@H]2N=C(c4ccccc4)c4cccc(F)c4NC2=O)O[C@H](C)CC3)cn1. The number of aliphatic imine (C=N–C) groups is 1. The first-order valence-corrected chi connectivity index (χ1v) is 13.6. The molecule has 2 amide bonds. The van der Waals surface area contributed by atoms with Crippen LogP contribution >= 0.6 is 0 Å². The quantitative estimate of drug-likeness (QED) is 0.365. The smallest absolute Gasteiger partial charge is 0.269 e. The number of anilines is 1. The van der Waals surface area contributed by atoms with Crippen LogP contribution in [0.1, 0.15) is 60.3 Å². The van der Waals surface area contributed by atoms with Crippen LogP contribution in [0.15, 0.2) is 71.9 Å². The number of aromatic nitrogens is 3. The van der Waals surface area contributed by atoms with Crippen molar-refractivity contribution in [1.29, 1.82) is 0 Å². The Labute approximate surface area is 236 Å². The van der Waals surface area contributed by atoms with Crippen molar-refractivity contribution < 1.29 is 18.7 Å². The Balaban J connectivity index is 1.42. The monoisotopic (exact) mass is 552 g/mol. The molecule has 41 heavy (non-hydrogen) atoms. The van der Waals surface area contributed by atoms with Crippen LogP contribution in [-0.2, 0) is 11.3 Å². The minimum Gasteiger partial charge on any atom is -0.474 e. The van der Waals surface area contributed by atoms with Gasteiger partial charge in [-0.3, -0.25) is 14.6 Å². The highest BCUT2D eigenvalue weighted by molar-refractivity contribution is 6.20. The molecule has 2 atom stereocenters. The van der Waals surface area contributed by atoms with Gasteiger partial charge in [0.25, 0.3) is 11.8 Å². The molecule has 2 aromatic carbocycles. The molecular formula is C31H29FN6O3. The van der Waals surface area contributed by atoms with Gasteiger partial charge in [0.2, 0.25) is 12.0 Å². The fraction of sp³-hybridized carbons (Fsp3) is 0.258. The minimum absolute atomic E-state index is 0.00827. The summed E-state index contributed by atoms with van der Waals surface area (Å²) in [6.45, 7) is 6.61. The topological polar surface area (TPSA) is 110 Å². The van der Waals surface area contributed by atoms with E-state index in [2.05, 4.69) is 34.5 Å². The van der Waals surface area contributed by atoms with Crippen LogP contribution in [0.3, 0.4) is 0 Å². The van der Waals surface area contributed by atoms with E-state index in [-0.39, 0.29) is 23.3 Å². The van der Waals surface area contributed by atoms with Crippen molar-refractivity contribution in [2.75, 3.05) is 5.32 Å². The van der Waals surface area contributed by atoms with E-state index in [1.807, 2.05) is 49.4 Å². The summed E-state index contributed by atoms with van der Waals surface area (Å²) in [5.74, 6) is -1.30. The molecule has 0 spiro atoms. The Kier molecular flexibility index (Phi) is 6.82. The number of hydrogen-bond acceptors (Lipinski definition) is 6. The number of pyridine rings is 1. The van der Waals surface area contributed by atoms with Gasteiger partial charge in [-0.05, 0) is 31.0 Å². The second-order valence-electron chi connectivity index (χ2n) is 10.5. The average molecular weight is 553 g/mol. The van der Waals surface area contributed by atoms with Gasteiger partial charge in [-0.2, -0.15) is 5.10 Å². The molecule has 0 radical (unpaired) electrons. The lowest BCUT2D eigenvalue weighted by Gasteiger charge is -2.22. The van der Waals surface area contributed by atoms with Gasteiger partial charge in [-0.15, -0.1) is 0 Å². The predicted molar refractivity (Wildman–Crippen MR) is 153 cm³/mol. The van der Waals surface area contributed by atoms with E-state index in [0.29, 0.717) is 40.5 Å². The number of rotatable bonds is 5. The van der Waals surface area contributed by atoms with Crippen molar-refractivity contribution in [1.82, 2.24) is 20.1 Å². The maximum absolute atomic E-state index is 14.9. The largest absolute Gasteiger partial charge is 0.474 e. The van der Waals surface area contributed by atoms with E-state index in [1.54, 1.807) is 23.0 Å². The second-order valence-corrected chi connectivity index (χ2v) is 10.5. The van der Waals surface area contributed by atoms with Gasteiger partial charge < -0.3 is 15.4 Å². The maximum Gasteiger partial charge on any atom is 0.269 e. The molecule has 0 fully saturated rings. The molecule has 4 heterocycles. The number of nitrogens with one attached hydrogen (secondary N) is 2. The Hall–Kier alpha value is -4.86. The number of ether oxygens (including phenoxy) is 1. The molecule has 2 aliphatic rings. The molecule has 2 aromatic heterocycles. The molecule has 9 nitrogen and oxygen atoms in total. The highest BCUT2D eigenvalue weighted by Gasteiger charge is 2.34. The molecular weight excluding hydrogens is 523 g/mol. The Morgan fingerprint density at radius 2 is 1.90 bits per heavy atom. The van der Waals surface area contributed by atoms with E-state index in [0.717, 1.165) is 12.1 Å². The molecule has 208 valence electrons. The molecule has 0 saturated carbocycles. The van der Waals surface area contributed by atoms with Crippen molar-refractivity contribution >= 4 is 23.2 Å². The highest BCUT2D eigenvalue weighted by atomic mass is 19.1. The van der Waals surface area contributed by atoms with Gasteiger partial charge in [0.1, 0.15) is 17.1 Å². The fourth-order valence-electron chi connectivity index (χ4n) is 4.98. The molecule has 0 aliphatic carbocycles. The number of benzodiazepines with no additional fused rings is 1. The van der Waals surface area contributed by atoms with Crippen LogP contribution in [0.5, 0.6) is 5.88 Å². The second kappa shape index (κ2) is 10.6. The van der Waals surface area contributed by atoms with Crippen molar-refractivity contribution in [3.8, 4) is 17.1 Å². The third-order valence-electron chi connectivity index (χ3n) is 7.18. The number of para-hydroxylation sites is 1. The summed E-state index contributed by atoms with van der Waals surface area (Å²) in [5, 5.41) is 10.1. The summed E-state index contributed by atoms with van der Waals surface area (Å²) in [6.07, 6.45) is 0.948. The van der Waals surface area contributed by atoms with Gasteiger partial charge in [-0.25, -0.2) is 14.1 Å². The van der Waals surface area contributed by atoms with Crippen molar-refractivity contribution in [2.45, 2.75) is 51.9 Å². The van der Waals surface area contributed by atoms with Crippen molar-refractivity contribution in [3.05, 3.63) is 95.1 Å². The Morgan fingerprint density at radius 3 is 2.63 bits per heavy atom. The lowest BCUT2D eigenvalue weighted by atomic mass is 10.0. The molecule has 2 aliphatic heterocycles. The van der Waals surface area contributed by atoms with Gasteiger partial charge in [0, 0.05) is 41.5 Å². The third-order valence-corrected chi connectivity index (χ3v) is 7.18. The number of halogens is 1. The van der Waals surface area contributed by atoms with E-state index in [9.17, 15) is 14.0 Å². The minimum atomic E-state index is -1.35. The molecule has 10 heteroatoms.